The first-order chi connectivity index (χ1) is 15.2. The number of piperidine rings is 1. The molecule has 1 aliphatic rings. The average Bonchev–Trinajstić information content (AvgIpc) is 3.17. The highest BCUT2D eigenvalue weighted by atomic mass is 16.5. The molecule has 0 spiro atoms. The highest BCUT2D eigenvalue weighted by molar-refractivity contribution is 6.07. The Morgan fingerprint density at radius 3 is 2.45 bits per heavy atom. The molecule has 0 unspecified atom stereocenters. The van der Waals surface area contributed by atoms with E-state index in [4.69, 9.17) is 4.74 Å². The maximum atomic E-state index is 13.1. The maximum absolute atomic E-state index is 13.1. The first kappa shape index (κ1) is 19.2. The van der Waals surface area contributed by atoms with Crippen LogP contribution in [0.1, 0.15) is 23.2 Å². The Labute approximate surface area is 180 Å². The number of likely N-dealkylation sites (tertiary alicyclic amines) is 1. The molecule has 0 aliphatic carbocycles. The third kappa shape index (κ3) is 3.86. The van der Waals surface area contributed by atoms with Gasteiger partial charge in [-0.05, 0) is 23.8 Å². The van der Waals surface area contributed by atoms with Gasteiger partial charge in [-0.15, -0.1) is 0 Å². The minimum absolute atomic E-state index is 0.00310. The molecular formula is C24H23N5O2. The van der Waals surface area contributed by atoms with Gasteiger partial charge >= 0.3 is 6.01 Å². The van der Waals surface area contributed by atoms with Gasteiger partial charge in [-0.3, -0.25) is 9.78 Å². The van der Waals surface area contributed by atoms with Crippen LogP contribution >= 0.6 is 0 Å². The van der Waals surface area contributed by atoms with E-state index < -0.39 is 0 Å². The first-order valence-corrected chi connectivity index (χ1v) is 10.4. The quantitative estimate of drug-likeness (QED) is 0.510. The second kappa shape index (κ2) is 8.18. The highest BCUT2D eigenvalue weighted by Crippen LogP contribution is 2.24. The Morgan fingerprint density at radius 2 is 1.71 bits per heavy atom. The van der Waals surface area contributed by atoms with E-state index in [1.807, 2.05) is 59.1 Å². The molecule has 1 fully saturated rings. The van der Waals surface area contributed by atoms with Crippen molar-refractivity contribution in [1.29, 1.82) is 0 Å². The molecule has 1 amide bonds. The van der Waals surface area contributed by atoms with Crippen LogP contribution in [-0.2, 0) is 7.05 Å². The molecule has 1 aliphatic heterocycles. The summed E-state index contributed by atoms with van der Waals surface area (Å²) in [6, 6.07) is 12.2. The summed E-state index contributed by atoms with van der Waals surface area (Å²) >= 11 is 0. The summed E-state index contributed by atoms with van der Waals surface area (Å²) in [6.07, 6.45) is 10.4. The van der Waals surface area contributed by atoms with E-state index in [2.05, 4.69) is 15.0 Å². The Kier molecular flexibility index (Phi) is 5.08. The number of pyridine rings is 1. The van der Waals surface area contributed by atoms with Crippen molar-refractivity contribution in [2.75, 3.05) is 13.1 Å². The van der Waals surface area contributed by atoms with Gasteiger partial charge in [-0.25, -0.2) is 9.97 Å². The summed E-state index contributed by atoms with van der Waals surface area (Å²) in [4.78, 5) is 27.7. The van der Waals surface area contributed by atoms with Gasteiger partial charge in [-0.1, -0.05) is 18.2 Å². The molecule has 5 rings (SSSR count). The molecule has 7 nitrogen and oxygen atoms in total. The van der Waals surface area contributed by atoms with Crippen LogP contribution < -0.4 is 4.74 Å². The van der Waals surface area contributed by atoms with Gasteiger partial charge in [0.05, 0.1) is 5.56 Å². The molecule has 4 aromatic rings. The van der Waals surface area contributed by atoms with Gasteiger partial charge in [-0.2, -0.15) is 0 Å². The van der Waals surface area contributed by atoms with E-state index in [-0.39, 0.29) is 12.0 Å². The molecule has 31 heavy (non-hydrogen) atoms. The number of para-hydroxylation sites is 1. The zero-order chi connectivity index (χ0) is 21.2. The zero-order valence-corrected chi connectivity index (χ0v) is 17.3. The summed E-state index contributed by atoms with van der Waals surface area (Å²) < 4.78 is 7.98. The van der Waals surface area contributed by atoms with Gasteiger partial charge in [0.2, 0.25) is 0 Å². The van der Waals surface area contributed by atoms with Crippen molar-refractivity contribution < 1.29 is 9.53 Å². The van der Waals surface area contributed by atoms with Gasteiger partial charge in [0.15, 0.2) is 0 Å². The molecule has 1 aromatic carbocycles. The molecule has 4 heterocycles. The van der Waals surface area contributed by atoms with Gasteiger partial charge in [0, 0.05) is 80.4 Å². The third-order valence-electron chi connectivity index (χ3n) is 5.77. The number of amides is 1. The van der Waals surface area contributed by atoms with Crippen LogP contribution in [0.4, 0.5) is 0 Å². The number of carbonyl (C=O) groups excluding carboxylic acids is 1. The lowest BCUT2D eigenvalue weighted by Crippen LogP contribution is -2.41. The number of rotatable bonds is 4. The number of aryl methyl sites for hydroxylation is 1. The topological polar surface area (TPSA) is 73.1 Å². The van der Waals surface area contributed by atoms with Crippen molar-refractivity contribution in [1.82, 2.24) is 24.4 Å². The smallest absolute Gasteiger partial charge is 0.316 e. The lowest BCUT2D eigenvalue weighted by atomic mass is 10.1. The standard InChI is InChI=1S/C24H23N5O2/c1-28-16-21(20-4-2-3-5-22(20)28)23(30)29-12-8-19(9-13-29)31-24-26-14-18(15-27-24)17-6-10-25-11-7-17/h2-7,10-11,14-16,19H,8-9,12-13H2,1H3. The van der Waals surface area contributed by atoms with Crippen molar-refractivity contribution in [2.45, 2.75) is 18.9 Å². The van der Waals surface area contributed by atoms with Crippen molar-refractivity contribution in [3.8, 4) is 17.1 Å². The molecule has 0 atom stereocenters. The normalized spacial score (nSPS) is 14.7. The summed E-state index contributed by atoms with van der Waals surface area (Å²) in [5.74, 6) is 0.0770. The number of fused-ring (bicyclic) bond motifs is 1. The lowest BCUT2D eigenvalue weighted by molar-refractivity contribution is 0.0580. The Bertz CT molecular complexity index is 1200. The molecule has 156 valence electrons. The van der Waals surface area contributed by atoms with Crippen LogP contribution in [-0.4, -0.2) is 49.5 Å². The largest absolute Gasteiger partial charge is 0.460 e. The summed E-state index contributed by atoms with van der Waals surface area (Å²) in [5.41, 5.74) is 3.76. The summed E-state index contributed by atoms with van der Waals surface area (Å²) in [7, 11) is 1.97. The number of hydrogen-bond acceptors (Lipinski definition) is 5. The number of ether oxygens (including phenoxy) is 1. The Hall–Kier alpha value is -3.74. The highest BCUT2D eigenvalue weighted by Gasteiger charge is 2.27. The summed E-state index contributed by atoms with van der Waals surface area (Å²) in [5, 5.41) is 0.996. The number of aromatic nitrogens is 4. The molecule has 0 bridgehead atoms. The minimum atomic E-state index is 0.00310. The second-order valence-corrected chi connectivity index (χ2v) is 7.77. The van der Waals surface area contributed by atoms with Crippen LogP contribution in [0.5, 0.6) is 6.01 Å². The van der Waals surface area contributed by atoms with Crippen LogP contribution in [0.25, 0.3) is 22.0 Å². The van der Waals surface area contributed by atoms with E-state index in [9.17, 15) is 4.79 Å². The molecular weight excluding hydrogens is 390 g/mol. The predicted molar refractivity (Wildman–Crippen MR) is 118 cm³/mol. The second-order valence-electron chi connectivity index (χ2n) is 7.77. The molecule has 0 saturated carbocycles. The molecule has 3 aromatic heterocycles. The number of carbonyl (C=O) groups is 1. The first-order valence-electron chi connectivity index (χ1n) is 10.4. The fourth-order valence-corrected chi connectivity index (χ4v) is 4.08. The van der Waals surface area contributed by atoms with Crippen LogP contribution in [0.3, 0.4) is 0 Å². The van der Waals surface area contributed by atoms with Crippen LogP contribution in [0, 0.1) is 0 Å². The van der Waals surface area contributed by atoms with Crippen molar-refractivity contribution in [3.63, 3.8) is 0 Å². The molecule has 7 heteroatoms. The van der Waals surface area contributed by atoms with E-state index in [0.29, 0.717) is 19.1 Å². The molecule has 0 N–H and O–H groups in total. The fraction of sp³-hybridized carbons (Fsp3) is 0.250. The number of hydrogen-bond donors (Lipinski definition) is 0. The zero-order valence-electron chi connectivity index (χ0n) is 17.3. The monoisotopic (exact) mass is 413 g/mol. The predicted octanol–water partition coefficient (Wildman–Crippen LogP) is 3.71. The van der Waals surface area contributed by atoms with Crippen molar-refractivity contribution >= 4 is 16.8 Å². The third-order valence-corrected chi connectivity index (χ3v) is 5.77. The average molecular weight is 413 g/mol. The van der Waals surface area contributed by atoms with Crippen LogP contribution in [0.15, 0.2) is 67.4 Å². The lowest BCUT2D eigenvalue weighted by Gasteiger charge is -2.31. The maximum Gasteiger partial charge on any atom is 0.316 e. The van der Waals surface area contributed by atoms with Gasteiger partial charge in [0.25, 0.3) is 5.91 Å². The van der Waals surface area contributed by atoms with E-state index >= 15 is 0 Å². The van der Waals surface area contributed by atoms with Gasteiger partial charge in [0.1, 0.15) is 6.10 Å². The van der Waals surface area contributed by atoms with Crippen molar-refractivity contribution in [3.05, 3.63) is 72.9 Å². The Balaban J connectivity index is 1.21. The minimum Gasteiger partial charge on any atom is -0.460 e. The van der Waals surface area contributed by atoms with E-state index in [0.717, 1.165) is 40.4 Å². The fourth-order valence-electron chi connectivity index (χ4n) is 4.08. The van der Waals surface area contributed by atoms with Gasteiger partial charge < -0.3 is 14.2 Å². The molecule has 1 saturated heterocycles. The number of benzene rings is 1. The molecule has 0 radical (unpaired) electrons. The van der Waals surface area contributed by atoms with Crippen LogP contribution in [0.2, 0.25) is 0 Å². The summed E-state index contributed by atoms with van der Waals surface area (Å²) in [6.45, 7) is 1.31. The van der Waals surface area contributed by atoms with E-state index in [1.54, 1.807) is 24.8 Å². The SMILES string of the molecule is Cn1cc(C(=O)N2CCC(Oc3ncc(-c4ccncc4)cn3)CC2)c2ccccc21. The number of nitrogens with zero attached hydrogens (tertiary/aromatic N) is 5. The van der Waals surface area contributed by atoms with E-state index in [1.165, 1.54) is 0 Å². The Morgan fingerprint density at radius 1 is 1.00 bits per heavy atom. The van der Waals surface area contributed by atoms with Crippen molar-refractivity contribution in [2.24, 2.45) is 7.05 Å².